The molecule has 6 heteroatoms. The van der Waals surface area contributed by atoms with Gasteiger partial charge in [0.2, 0.25) is 0 Å². The zero-order valence-corrected chi connectivity index (χ0v) is 12.3. The molecule has 0 rings (SSSR count). The van der Waals surface area contributed by atoms with Crippen molar-refractivity contribution in [3.05, 3.63) is 0 Å². The Balaban J connectivity index is -0.0000000772. The first-order valence-electron chi connectivity index (χ1n) is 5.94. The van der Waals surface area contributed by atoms with Crippen LogP contribution in [0.3, 0.4) is 0 Å². The van der Waals surface area contributed by atoms with Gasteiger partial charge in [-0.25, -0.2) is 0 Å². The Morgan fingerprint density at radius 3 is 1.41 bits per heavy atom. The molecule has 0 heterocycles. The van der Waals surface area contributed by atoms with E-state index in [-0.39, 0.29) is 5.84 Å². The zero-order valence-electron chi connectivity index (χ0n) is 12.3. The molecule has 17 heavy (non-hydrogen) atoms. The lowest BCUT2D eigenvalue weighted by Gasteiger charge is -1.89. The second-order valence-electron chi connectivity index (χ2n) is 2.06. The van der Waals surface area contributed by atoms with Crippen molar-refractivity contribution in [1.29, 1.82) is 0 Å². The zero-order chi connectivity index (χ0) is 14.7. The Kier molecular flexibility index (Phi) is 42.5. The first-order chi connectivity index (χ1) is 8.12. The van der Waals surface area contributed by atoms with Crippen LogP contribution in [0.2, 0.25) is 0 Å². The second-order valence-corrected chi connectivity index (χ2v) is 2.06. The fourth-order valence-electron chi connectivity index (χ4n) is 0.253. The quantitative estimate of drug-likeness (QED) is 0.309. The average Bonchev–Trinajstić information content (AvgIpc) is 2.43. The van der Waals surface area contributed by atoms with Gasteiger partial charge in [0.1, 0.15) is 18.8 Å². The SMILES string of the molecule is CC.CC.CC/C(N)=N/O.CC/C(N)=N/OC. The molecule has 5 N–H and O–H groups in total. The van der Waals surface area contributed by atoms with E-state index < -0.39 is 0 Å². The lowest BCUT2D eigenvalue weighted by molar-refractivity contribution is 0.212. The van der Waals surface area contributed by atoms with Crippen molar-refractivity contribution in [3.63, 3.8) is 0 Å². The van der Waals surface area contributed by atoms with Crippen molar-refractivity contribution in [1.82, 2.24) is 0 Å². The van der Waals surface area contributed by atoms with E-state index in [1.165, 1.54) is 7.11 Å². The van der Waals surface area contributed by atoms with Crippen molar-refractivity contribution in [2.24, 2.45) is 21.8 Å². The minimum atomic E-state index is 0.273. The van der Waals surface area contributed by atoms with Crippen molar-refractivity contribution in [2.75, 3.05) is 7.11 Å². The molecule has 0 amide bonds. The number of hydrogen-bond donors (Lipinski definition) is 3. The van der Waals surface area contributed by atoms with Gasteiger partial charge < -0.3 is 21.5 Å². The molecule has 0 saturated carbocycles. The van der Waals surface area contributed by atoms with Crippen LogP contribution in [0.4, 0.5) is 0 Å². The lowest BCUT2D eigenvalue weighted by Crippen LogP contribution is -2.09. The molecule has 0 aliphatic rings. The van der Waals surface area contributed by atoms with Crippen LogP contribution in [0.1, 0.15) is 54.4 Å². The third-order valence-electron chi connectivity index (χ3n) is 1.06. The molecule has 106 valence electrons. The number of nitrogens with zero attached hydrogens (tertiary/aromatic N) is 2. The van der Waals surface area contributed by atoms with Crippen LogP contribution in [0.25, 0.3) is 0 Å². The number of amidine groups is 2. The molecule has 0 aliphatic carbocycles. The van der Waals surface area contributed by atoms with Gasteiger partial charge in [0.25, 0.3) is 0 Å². The van der Waals surface area contributed by atoms with E-state index in [0.29, 0.717) is 12.3 Å². The molecular weight excluding hydrogens is 220 g/mol. The van der Waals surface area contributed by atoms with E-state index in [0.717, 1.165) is 6.42 Å². The van der Waals surface area contributed by atoms with E-state index in [9.17, 15) is 0 Å². The standard InChI is InChI=1S/C4H10N2O.C3H8N2O.2C2H6/c1-3-4(5)6-7-2;1-2-3(4)5-6;2*1-2/h3H2,1-2H3,(H2,5,6);6H,2H2,1H3,(H2,4,5);2*1-2H3. The molecule has 0 aromatic rings. The molecule has 0 spiro atoms. The average molecular weight is 250 g/mol. The van der Waals surface area contributed by atoms with Crippen LogP contribution in [-0.4, -0.2) is 24.0 Å². The fraction of sp³-hybridized carbons (Fsp3) is 0.818. The molecule has 0 aliphatic heterocycles. The topological polar surface area (TPSA) is 106 Å². The van der Waals surface area contributed by atoms with Crippen LogP contribution in [0.5, 0.6) is 0 Å². The summed E-state index contributed by atoms with van der Waals surface area (Å²) in [6, 6.07) is 0. The minimum absolute atomic E-state index is 0.273. The summed E-state index contributed by atoms with van der Waals surface area (Å²) in [6.45, 7) is 11.7. The molecule has 0 aromatic carbocycles. The summed E-state index contributed by atoms with van der Waals surface area (Å²) >= 11 is 0. The predicted octanol–water partition coefficient (Wildman–Crippen LogP) is 2.51. The smallest absolute Gasteiger partial charge is 0.139 e. The molecule has 0 bridgehead atoms. The summed E-state index contributed by atoms with van der Waals surface area (Å²) < 4.78 is 0. The highest BCUT2D eigenvalue weighted by Gasteiger charge is 1.80. The van der Waals surface area contributed by atoms with E-state index in [1.54, 1.807) is 0 Å². The molecule has 0 atom stereocenters. The Bertz CT molecular complexity index is 171. The Hall–Kier alpha value is -1.46. The van der Waals surface area contributed by atoms with Crippen LogP contribution >= 0.6 is 0 Å². The Morgan fingerprint density at radius 1 is 1.00 bits per heavy atom. The maximum Gasteiger partial charge on any atom is 0.139 e. The van der Waals surface area contributed by atoms with Crippen LogP contribution < -0.4 is 11.5 Å². The first kappa shape index (κ1) is 24.7. The highest BCUT2D eigenvalue weighted by molar-refractivity contribution is 5.79. The van der Waals surface area contributed by atoms with Crippen molar-refractivity contribution in [2.45, 2.75) is 54.4 Å². The normalized spacial score (nSPS) is 9.59. The van der Waals surface area contributed by atoms with Gasteiger partial charge >= 0.3 is 0 Å². The molecule has 0 fully saturated rings. The van der Waals surface area contributed by atoms with Crippen LogP contribution in [-0.2, 0) is 4.84 Å². The van der Waals surface area contributed by atoms with Gasteiger partial charge in [-0.3, -0.25) is 0 Å². The molecular formula is C11H30N4O2. The minimum Gasteiger partial charge on any atom is -0.409 e. The Morgan fingerprint density at radius 2 is 1.35 bits per heavy atom. The third kappa shape index (κ3) is 40.2. The van der Waals surface area contributed by atoms with E-state index in [2.05, 4.69) is 15.1 Å². The largest absolute Gasteiger partial charge is 0.409 e. The number of nitrogens with two attached hydrogens (primary N) is 2. The van der Waals surface area contributed by atoms with Crippen molar-refractivity contribution in [3.8, 4) is 0 Å². The van der Waals surface area contributed by atoms with Crippen LogP contribution in [0, 0.1) is 0 Å². The maximum atomic E-state index is 7.80. The van der Waals surface area contributed by atoms with Crippen molar-refractivity contribution < 1.29 is 10.0 Å². The highest BCUT2D eigenvalue weighted by Crippen LogP contribution is 1.75. The summed E-state index contributed by atoms with van der Waals surface area (Å²) in [7, 11) is 1.47. The van der Waals surface area contributed by atoms with Gasteiger partial charge in [-0.05, 0) is 0 Å². The van der Waals surface area contributed by atoms with Crippen molar-refractivity contribution >= 4 is 11.7 Å². The van der Waals surface area contributed by atoms with Gasteiger partial charge in [-0.1, -0.05) is 51.9 Å². The number of oxime groups is 2. The molecule has 6 nitrogen and oxygen atoms in total. The second kappa shape index (κ2) is 29.3. The van der Waals surface area contributed by atoms with Crippen LogP contribution in [0.15, 0.2) is 10.3 Å². The summed E-state index contributed by atoms with van der Waals surface area (Å²) in [5.41, 5.74) is 10.2. The molecule has 0 saturated heterocycles. The van der Waals surface area contributed by atoms with Gasteiger partial charge in [0, 0.05) is 12.8 Å². The molecule has 0 aromatic heterocycles. The summed E-state index contributed by atoms with van der Waals surface area (Å²) in [5, 5.41) is 13.9. The molecule has 0 radical (unpaired) electrons. The van der Waals surface area contributed by atoms with E-state index in [4.69, 9.17) is 16.7 Å². The van der Waals surface area contributed by atoms with Gasteiger partial charge in [-0.15, -0.1) is 0 Å². The fourth-order valence-corrected chi connectivity index (χ4v) is 0.253. The predicted molar refractivity (Wildman–Crippen MR) is 75.3 cm³/mol. The van der Waals surface area contributed by atoms with Gasteiger partial charge in [-0.2, -0.15) is 0 Å². The number of hydrogen-bond acceptors (Lipinski definition) is 4. The summed E-state index contributed by atoms with van der Waals surface area (Å²) in [4.78, 5) is 4.36. The molecule has 0 unspecified atom stereocenters. The monoisotopic (exact) mass is 250 g/mol. The first-order valence-corrected chi connectivity index (χ1v) is 5.94. The van der Waals surface area contributed by atoms with E-state index >= 15 is 0 Å². The van der Waals surface area contributed by atoms with Gasteiger partial charge in [0.05, 0.1) is 0 Å². The maximum absolute atomic E-state index is 7.80. The lowest BCUT2D eigenvalue weighted by atomic mass is 10.5. The summed E-state index contributed by atoms with van der Waals surface area (Å²) in [6.07, 6.45) is 1.35. The Labute approximate surface area is 106 Å². The van der Waals surface area contributed by atoms with Gasteiger partial charge in [0.15, 0.2) is 0 Å². The van der Waals surface area contributed by atoms with E-state index in [1.807, 2.05) is 41.5 Å². The highest BCUT2D eigenvalue weighted by atomic mass is 16.6. The summed E-state index contributed by atoms with van der Waals surface area (Å²) in [5.74, 6) is 0.803. The third-order valence-corrected chi connectivity index (χ3v) is 1.06. The number of rotatable bonds is 3.